The number of halogens is 1. The number of fused-ring (bicyclic) bond motifs is 1. The van der Waals surface area contributed by atoms with Gasteiger partial charge in [-0.3, -0.25) is 15.6 Å². The molecule has 0 spiro atoms. The first kappa shape index (κ1) is 17.9. The minimum Gasteiger partial charge on any atom is -0.267 e. The third kappa shape index (κ3) is 3.66. The number of hydrogen-bond acceptors (Lipinski definition) is 4. The fourth-order valence-electron chi connectivity index (χ4n) is 2.98. The molecule has 4 aromatic rings. The molecule has 0 aliphatic heterocycles. The van der Waals surface area contributed by atoms with Crippen molar-refractivity contribution in [2.45, 2.75) is 6.92 Å². The Kier molecular flexibility index (Phi) is 4.91. The van der Waals surface area contributed by atoms with Gasteiger partial charge in [-0.25, -0.2) is 9.97 Å². The molecule has 0 bridgehead atoms. The van der Waals surface area contributed by atoms with Crippen LogP contribution in [0.2, 0.25) is 5.02 Å². The van der Waals surface area contributed by atoms with Gasteiger partial charge in [0.2, 0.25) is 5.95 Å². The molecule has 0 atom stereocenters. The van der Waals surface area contributed by atoms with Crippen LogP contribution >= 0.6 is 11.6 Å². The van der Waals surface area contributed by atoms with Crippen LogP contribution in [-0.2, 0) is 0 Å². The Labute approximate surface area is 167 Å². The molecule has 4 rings (SSSR count). The molecular formula is C22H17ClN4O. The summed E-state index contributed by atoms with van der Waals surface area (Å²) in [5, 5.41) is 1.46. The number of nitrogens with zero attached hydrogens (tertiary/aromatic N) is 2. The maximum absolute atomic E-state index is 12.5. The van der Waals surface area contributed by atoms with Gasteiger partial charge in [-0.15, -0.1) is 0 Å². The third-order valence-corrected chi connectivity index (χ3v) is 4.62. The standard InChI is InChI=1S/C22H17ClN4O/c1-14-7-5-6-10-17(14)21(28)26-27-22-24-19-13-16(23)11-12-18(19)20(25-22)15-8-3-2-4-9-15/h2-13H,1H3,(H,26,28)(H,24,25,27). The summed E-state index contributed by atoms with van der Waals surface area (Å²) in [4.78, 5) is 21.6. The number of hydrogen-bond donors (Lipinski definition) is 2. The van der Waals surface area contributed by atoms with Crippen molar-refractivity contribution in [3.05, 3.63) is 88.9 Å². The first-order valence-electron chi connectivity index (χ1n) is 8.76. The lowest BCUT2D eigenvalue weighted by molar-refractivity contribution is 0.0961. The van der Waals surface area contributed by atoms with Gasteiger partial charge in [0.05, 0.1) is 11.2 Å². The van der Waals surface area contributed by atoms with E-state index in [0.717, 1.165) is 22.2 Å². The Bertz CT molecular complexity index is 1160. The van der Waals surface area contributed by atoms with Crippen molar-refractivity contribution >= 4 is 34.4 Å². The number of carbonyl (C=O) groups excluding carboxylic acids is 1. The highest BCUT2D eigenvalue weighted by Gasteiger charge is 2.12. The summed E-state index contributed by atoms with van der Waals surface area (Å²) in [5.74, 6) is 0.0321. The van der Waals surface area contributed by atoms with Crippen molar-refractivity contribution < 1.29 is 4.79 Å². The quantitative estimate of drug-likeness (QED) is 0.482. The molecule has 0 aliphatic carbocycles. The zero-order chi connectivity index (χ0) is 19.5. The smallest absolute Gasteiger partial charge is 0.267 e. The lowest BCUT2D eigenvalue weighted by Gasteiger charge is -2.12. The molecular weight excluding hydrogens is 372 g/mol. The summed E-state index contributed by atoms with van der Waals surface area (Å²) < 4.78 is 0. The minimum atomic E-state index is -0.255. The van der Waals surface area contributed by atoms with Crippen molar-refractivity contribution in [3.63, 3.8) is 0 Å². The Balaban J connectivity index is 1.69. The van der Waals surface area contributed by atoms with Crippen molar-refractivity contribution in [2.75, 3.05) is 5.43 Å². The van der Waals surface area contributed by atoms with E-state index in [1.54, 1.807) is 12.1 Å². The first-order chi connectivity index (χ1) is 13.6. The normalized spacial score (nSPS) is 10.6. The van der Waals surface area contributed by atoms with Crippen molar-refractivity contribution in [1.82, 2.24) is 15.4 Å². The van der Waals surface area contributed by atoms with E-state index in [-0.39, 0.29) is 11.9 Å². The second kappa shape index (κ2) is 7.66. The maximum Gasteiger partial charge on any atom is 0.269 e. The highest BCUT2D eigenvalue weighted by atomic mass is 35.5. The monoisotopic (exact) mass is 388 g/mol. The number of hydrazine groups is 1. The van der Waals surface area contributed by atoms with Crippen LogP contribution in [0.3, 0.4) is 0 Å². The number of anilines is 1. The minimum absolute atomic E-state index is 0.255. The van der Waals surface area contributed by atoms with E-state index < -0.39 is 0 Å². The zero-order valence-electron chi connectivity index (χ0n) is 15.1. The average Bonchev–Trinajstić information content (AvgIpc) is 2.72. The predicted octanol–water partition coefficient (Wildman–Crippen LogP) is 5.02. The Morgan fingerprint density at radius 2 is 1.68 bits per heavy atom. The number of amides is 1. The number of rotatable bonds is 4. The second-order valence-corrected chi connectivity index (χ2v) is 6.75. The Morgan fingerprint density at radius 1 is 0.929 bits per heavy atom. The number of carbonyl (C=O) groups is 1. The fraction of sp³-hybridized carbons (Fsp3) is 0.0455. The number of nitrogens with one attached hydrogen (secondary N) is 2. The largest absolute Gasteiger partial charge is 0.269 e. The third-order valence-electron chi connectivity index (χ3n) is 4.38. The summed E-state index contributed by atoms with van der Waals surface area (Å²) in [6.07, 6.45) is 0. The lowest BCUT2D eigenvalue weighted by atomic mass is 10.1. The molecule has 6 heteroatoms. The molecule has 5 nitrogen and oxygen atoms in total. The van der Waals surface area contributed by atoms with Gasteiger partial charge in [-0.1, -0.05) is 60.1 Å². The number of benzene rings is 3. The maximum atomic E-state index is 12.5. The molecule has 0 unspecified atom stereocenters. The van der Waals surface area contributed by atoms with E-state index in [2.05, 4.69) is 20.8 Å². The van der Waals surface area contributed by atoms with Crippen LogP contribution in [0.5, 0.6) is 0 Å². The van der Waals surface area contributed by atoms with E-state index in [4.69, 9.17) is 11.6 Å². The second-order valence-electron chi connectivity index (χ2n) is 6.32. The van der Waals surface area contributed by atoms with E-state index in [0.29, 0.717) is 16.1 Å². The van der Waals surface area contributed by atoms with E-state index in [9.17, 15) is 4.79 Å². The van der Waals surface area contributed by atoms with Crippen LogP contribution in [0.15, 0.2) is 72.8 Å². The summed E-state index contributed by atoms with van der Waals surface area (Å²) in [6, 6.07) is 22.7. The predicted molar refractivity (Wildman–Crippen MR) is 112 cm³/mol. The van der Waals surface area contributed by atoms with Crippen LogP contribution in [0.1, 0.15) is 15.9 Å². The summed E-state index contributed by atoms with van der Waals surface area (Å²) in [5.41, 5.74) is 9.36. The van der Waals surface area contributed by atoms with Crippen molar-refractivity contribution in [2.24, 2.45) is 0 Å². The molecule has 0 radical (unpaired) electrons. The van der Waals surface area contributed by atoms with Gasteiger partial charge in [0, 0.05) is 21.5 Å². The van der Waals surface area contributed by atoms with Gasteiger partial charge < -0.3 is 0 Å². The van der Waals surface area contributed by atoms with Crippen molar-refractivity contribution in [3.8, 4) is 11.3 Å². The van der Waals surface area contributed by atoms with Gasteiger partial charge in [-0.2, -0.15) is 0 Å². The summed E-state index contributed by atoms with van der Waals surface area (Å²) in [7, 11) is 0. The van der Waals surface area contributed by atoms with Gasteiger partial charge in [0.15, 0.2) is 0 Å². The Hall–Kier alpha value is -3.44. The van der Waals surface area contributed by atoms with Crippen LogP contribution in [0.4, 0.5) is 5.95 Å². The fourth-order valence-corrected chi connectivity index (χ4v) is 3.15. The van der Waals surface area contributed by atoms with E-state index in [1.165, 1.54) is 0 Å². The molecule has 1 aromatic heterocycles. The van der Waals surface area contributed by atoms with Gasteiger partial charge in [0.25, 0.3) is 5.91 Å². The first-order valence-corrected chi connectivity index (χ1v) is 9.14. The highest BCUT2D eigenvalue weighted by molar-refractivity contribution is 6.31. The van der Waals surface area contributed by atoms with E-state index in [1.807, 2.05) is 67.6 Å². The van der Waals surface area contributed by atoms with Gasteiger partial charge in [0.1, 0.15) is 0 Å². The molecule has 0 saturated heterocycles. The van der Waals surface area contributed by atoms with Crippen molar-refractivity contribution in [1.29, 1.82) is 0 Å². The summed E-state index contributed by atoms with van der Waals surface area (Å²) >= 11 is 6.14. The van der Waals surface area contributed by atoms with Crippen LogP contribution in [0.25, 0.3) is 22.2 Å². The highest BCUT2D eigenvalue weighted by Crippen LogP contribution is 2.28. The average molecular weight is 389 g/mol. The molecule has 0 aliphatic rings. The Morgan fingerprint density at radius 3 is 2.46 bits per heavy atom. The molecule has 0 saturated carbocycles. The van der Waals surface area contributed by atoms with Gasteiger partial charge in [-0.05, 0) is 36.8 Å². The zero-order valence-corrected chi connectivity index (χ0v) is 15.9. The topological polar surface area (TPSA) is 66.9 Å². The molecule has 2 N–H and O–H groups in total. The molecule has 28 heavy (non-hydrogen) atoms. The molecule has 1 heterocycles. The van der Waals surface area contributed by atoms with Crippen LogP contribution in [0, 0.1) is 6.92 Å². The number of aryl methyl sites for hydroxylation is 1. The molecule has 0 fully saturated rings. The molecule has 3 aromatic carbocycles. The molecule has 1 amide bonds. The van der Waals surface area contributed by atoms with Gasteiger partial charge >= 0.3 is 0 Å². The number of aromatic nitrogens is 2. The van der Waals surface area contributed by atoms with E-state index >= 15 is 0 Å². The lowest BCUT2D eigenvalue weighted by Crippen LogP contribution is -2.30. The summed E-state index contributed by atoms with van der Waals surface area (Å²) in [6.45, 7) is 1.89. The van der Waals surface area contributed by atoms with Crippen LogP contribution < -0.4 is 10.9 Å². The van der Waals surface area contributed by atoms with Crippen LogP contribution in [-0.4, -0.2) is 15.9 Å². The molecule has 138 valence electrons. The SMILES string of the molecule is Cc1ccccc1C(=O)NNc1nc(-c2ccccc2)c2ccc(Cl)cc2n1.